The molecule has 0 spiro atoms. The third-order valence-electron chi connectivity index (χ3n) is 1.45. The average Bonchev–Trinajstić information content (AvgIpc) is 2.43. The first kappa shape index (κ1) is 10.2. The highest BCUT2D eigenvalue weighted by atomic mass is 16.1. The molecule has 0 aliphatic carbocycles. The van der Waals surface area contributed by atoms with E-state index in [4.69, 9.17) is 5.73 Å². The van der Waals surface area contributed by atoms with Gasteiger partial charge in [-0.2, -0.15) is 0 Å². The van der Waals surface area contributed by atoms with Crippen LogP contribution >= 0.6 is 0 Å². The van der Waals surface area contributed by atoms with Crippen molar-refractivity contribution < 1.29 is 4.79 Å². The number of primary amides is 1. The van der Waals surface area contributed by atoms with Gasteiger partial charge in [-0.3, -0.25) is 4.79 Å². The van der Waals surface area contributed by atoms with Gasteiger partial charge in [0.25, 0.3) is 5.91 Å². The predicted molar refractivity (Wildman–Crippen MR) is 51.4 cm³/mol. The van der Waals surface area contributed by atoms with Gasteiger partial charge in [-0.05, 0) is 0 Å². The lowest BCUT2D eigenvalue weighted by Crippen LogP contribution is -2.16. The Morgan fingerprint density at radius 3 is 2.79 bits per heavy atom. The number of hydrogen-bond donors (Lipinski definition) is 1. The first-order chi connectivity index (χ1) is 6.52. The Kier molecular flexibility index (Phi) is 2.80. The minimum absolute atomic E-state index is 0.197. The first-order valence-corrected chi connectivity index (χ1v) is 3.92. The molecule has 2 N–H and O–H groups in total. The van der Waals surface area contributed by atoms with Crippen LogP contribution in [0.3, 0.4) is 0 Å². The maximum absolute atomic E-state index is 11.0. The number of aryl methyl sites for hydroxylation is 1. The summed E-state index contributed by atoms with van der Waals surface area (Å²) < 4.78 is 1.30. The number of carbonyl (C=O) groups excluding carboxylic acids is 1. The van der Waals surface area contributed by atoms with Gasteiger partial charge in [0.1, 0.15) is 0 Å². The highest BCUT2D eigenvalue weighted by Gasteiger charge is 2.14. The average molecular weight is 196 g/mol. The zero-order valence-corrected chi connectivity index (χ0v) is 8.30. The molecule has 0 unspecified atom stereocenters. The summed E-state index contributed by atoms with van der Waals surface area (Å²) in [5.74, 6) is -0.364. The van der Waals surface area contributed by atoms with E-state index in [0.717, 1.165) is 0 Å². The van der Waals surface area contributed by atoms with Crippen LogP contribution in [0, 0.1) is 0 Å². The van der Waals surface area contributed by atoms with Crippen molar-refractivity contribution in [1.82, 2.24) is 19.9 Å². The van der Waals surface area contributed by atoms with Crippen LogP contribution in [0.4, 0.5) is 5.82 Å². The van der Waals surface area contributed by atoms with Crippen LogP contribution in [-0.2, 0) is 7.05 Å². The van der Waals surface area contributed by atoms with E-state index in [1.807, 2.05) is 14.1 Å². The fourth-order valence-corrected chi connectivity index (χ4v) is 0.873. The van der Waals surface area contributed by atoms with Gasteiger partial charge >= 0.3 is 0 Å². The zero-order chi connectivity index (χ0) is 10.7. The number of nitrogens with two attached hydrogens (primary N) is 1. The molecule has 0 aliphatic heterocycles. The summed E-state index contributed by atoms with van der Waals surface area (Å²) in [6.07, 6.45) is 1.52. The summed E-state index contributed by atoms with van der Waals surface area (Å²) in [5, 5.41) is 7.35. The maximum atomic E-state index is 11.0. The lowest BCUT2D eigenvalue weighted by molar-refractivity contribution is 0.0992. The molecule has 0 aliphatic rings. The number of carbonyl (C=O) groups is 1. The smallest absolute Gasteiger partial charge is 0.270 e. The Balaban J connectivity index is 3.04. The highest BCUT2D eigenvalue weighted by Crippen LogP contribution is 2.12. The third kappa shape index (κ3) is 2.06. The monoisotopic (exact) mass is 196 g/mol. The fourth-order valence-electron chi connectivity index (χ4n) is 0.873. The van der Waals surface area contributed by atoms with Crippen molar-refractivity contribution in [3.63, 3.8) is 0 Å². The summed E-state index contributed by atoms with van der Waals surface area (Å²) in [5.41, 5.74) is 5.34. The molecular formula is C7H12N6O. The minimum Gasteiger partial charge on any atom is -0.369 e. The third-order valence-corrected chi connectivity index (χ3v) is 1.45. The molecule has 1 aromatic rings. The lowest BCUT2D eigenvalue weighted by Gasteiger charge is -2.01. The molecule has 0 fully saturated rings. The van der Waals surface area contributed by atoms with E-state index in [2.05, 4.69) is 15.3 Å². The van der Waals surface area contributed by atoms with Crippen LogP contribution in [-0.4, -0.2) is 46.2 Å². The van der Waals surface area contributed by atoms with Crippen molar-refractivity contribution in [3.05, 3.63) is 5.69 Å². The second kappa shape index (κ2) is 3.86. The van der Waals surface area contributed by atoms with Gasteiger partial charge in [0.05, 0.1) is 6.34 Å². The molecule has 0 atom stereocenters. The predicted octanol–water partition coefficient (Wildman–Crippen LogP) is -0.865. The largest absolute Gasteiger partial charge is 0.369 e. The van der Waals surface area contributed by atoms with Crippen LogP contribution in [0.25, 0.3) is 0 Å². The van der Waals surface area contributed by atoms with E-state index >= 15 is 0 Å². The topological polar surface area (TPSA) is 89.4 Å². The Hall–Kier alpha value is -1.92. The summed E-state index contributed by atoms with van der Waals surface area (Å²) >= 11 is 0. The van der Waals surface area contributed by atoms with E-state index in [-0.39, 0.29) is 11.5 Å². The molecule has 0 radical (unpaired) electrons. The zero-order valence-electron chi connectivity index (χ0n) is 8.30. The van der Waals surface area contributed by atoms with Gasteiger partial charge in [-0.25, -0.2) is 9.67 Å². The molecule has 0 aromatic carbocycles. The molecule has 1 heterocycles. The minimum atomic E-state index is -0.594. The summed E-state index contributed by atoms with van der Waals surface area (Å²) in [4.78, 5) is 16.7. The van der Waals surface area contributed by atoms with E-state index in [0.29, 0.717) is 0 Å². The van der Waals surface area contributed by atoms with Crippen molar-refractivity contribution in [3.8, 4) is 0 Å². The highest BCUT2D eigenvalue weighted by molar-refractivity contribution is 5.95. The number of hydrogen-bond acceptors (Lipinski definition) is 4. The molecule has 1 aromatic heterocycles. The van der Waals surface area contributed by atoms with Gasteiger partial charge in [-0.15, -0.1) is 5.10 Å². The Morgan fingerprint density at radius 2 is 2.29 bits per heavy atom. The van der Waals surface area contributed by atoms with E-state index in [1.165, 1.54) is 11.0 Å². The number of amides is 1. The number of aliphatic imine (C=N–C) groups is 1. The SMILES string of the molecule is CN(C)/C=N/c1nnn(C)c1C(N)=O. The number of aromatic nitrogens is 3. The number of nitrogens with zero attached hydrogens (tertiary/aromatic N) is 5. The van der Waals surface area contributed by atoms with Gasteiger partial charge in [0.2, 0.25) is 5.82 Å². The van der Waals surface area contributed by atoms with E-state index < -0.39 is 5.91 Å². The van der Waals surface area contributed by atoms with Crippen LogP contribution in [0.15, 0.2) is 4.99 Å². The number of rotatable bonds is 3. The normalized spacial score (nSPS) is 10.8. The van der Waals surface area contributed by atoms with Crippen LogP contribution < -0.4 is 5.73 Å². The van der Waals surface area contributed by atoms with Crippen molar-refractivity contribution in [2.75, 3.05) is 14.1 Å². The van der Waals surface area contributed by atoms with E-state index in [9.17, 15) is 4.79 Å². The molecular weight excluding hydrogens is 184 g/mol. The van der Waals surface area contributed by atoms with Crippen molar-refractivity contribution in [2.24, 2.45) is 17.8 Å². The molecule has 0 saturated heterocycles. The summed E-state index contributed by atoms with van der Waals surface area (Å²) in [7, 11) is 5.20. The van der Waals surface area contributed by atoms with Crippen LogP contribution in [0.2, 0.25) is 0 Å². The molecule has 1 rings (SSSR count). The van der Waals surface area contributed by atoms with Gasteiger partial charge in [0, 0.05) is 21.1 Å². The van der Waals surface area contributed by atoms with E-state index in [1.54, 1.807) is 11.9 Å². The Morgan fingerprint density at radius 1 is 1.64 bits per heavy atom. The van der Waals surface area contributed by atoms with Crippen LogP contribution in [0.5, 0.6) is 0 Å². The van der Waals surface area contributed by atoms with Gasteiger partial charge < -0.3 is 10.6 Å². The van der Waals surface area contributed by atoms with Crippen molar-refractivity contribution in [1.29, 1.82) is 0 Å². The van der Waals surface area contributed by atoms with Crippen LogP contribution in [0.1, 0.15) is 10.5 Å². The Labute approximate surface area is 81.2 Å². The summed E-state index contributed by atoms with van der Waals surface area (Å²) in [6, 6.07) is 0. The maximum Gasteiger partial charge on any atom is 0.270 e. The fraction of sp³-hybridized carbons (Fsp3) is 0.429. The second-order valence-corrected chi connectivity index (χ2v) is 2.96. The molecule has 76 valence electrons. The molecule has 14 heavy (non-hydrogen) atoms. The van der Waals surface area contributed by atoms with Gasteiger partial charge in [0.15, 0.2) is 5.69 Å². The standard InChI is InChI=1S/C7H12N6O/c1-12(2)4-9-7-5(6(8)14)13(3)11-10-7/h4H,1-3H3,(H2,8,14)/b9-4+. The second-order valence-electron chi connectivity index (χ2n) is 2.96. The van der Waals surface area contributed by atoms with Crippen molar-refractivity contribution >= 4 is 18.1 Å². The van der Waals surface area contributed by atoms with Crippen molar-refractivity contribution in [2.45, 2.75) is 0 Å². The molecule has 7 nitrogen and oxygen atoms in total. The summed E-state index contributed by atoms with van der Waals surface area (Å²) in [6.45, 7) is 0. The first-order valence-electron chi connectivity index (χ1n) is 3.92. The van der Waals surface area contributed by atoms with Gasteiger partial charge in [-0.1, -0.05) is 5.21 Å². The lowest BCUT2D eigenvalue weighted by atomic mass is 10.4. The quantitative estimate of drug-likeness (QED) is 0.503. The molecule has 0 bridgehead atoms. The molecule has 1 amide bonds. The molecule has 0 saturated carbocycles. The molecule has 7 heteroatoms. The Bertz CT molecular complexity index is 366.